The number of ether oxygens (including phenoxy) is 1. The number of aliphatic hydroxyl groups excluding tert-OH is 1. The van der Waals surface area contributed by atoms with E-state index >= 15 is 0 Å². The van der Waals surface area contributed by atoms with E-state index in [4.69, 9.17) is 19.3 Å². The number of hydroxylamine groups is 1. The van der Waals surface area contributed by atoms with Crippen LogP contribution in [0.15, 0.2) is 82.5 Å². The summed E-state index contributed by atoms with van der Waals surface area (Å²) in [7, 11) is -4.24. The number of nitrogens with zero attached hydrogens (tertiary/aromatic N) is 2. The van der Waals surface area contributed by atoms with Gasteiger partial charge in [0.1, 0.15) is 12.8 Å². The van der Waals surface area contributed by atoms with Crippen molar-refractivity contribution in [3.8, 4) is 11.8 Å². The molecule has 1 fully saturated rings. The molecule has 1 saturated carbocycles. The number of amides is 1. The quantitative estimate of drug-likeness (QED) is 0.206. The van der Waals surface area contributed by atoms with E-state index in [0.29, 0.717) is 18.5 Å². The van der Waals surface area contributed by atoms with E-state index < -0.39 is 34.8 Å². The van der Waals surface area contributed by atoms with Gasteiger partial charge in [-0.2, -0.15) is 5.26 Å². The first-order valence-corrected chi connectivity index (χ1v) is 14.4. The van der Waals surface area contributed by atoms with Crippen LogP contribution in [0.25, 0.3) is 0 Å². The number of benzene rings is 2. The van der Waals surface area contributed by atoms with Crippen LogP contribution < -0.4 is 15.4 Å². The lowest BCUT2D eigenvalue weighted by molar-refractivity contribution is -0.145. The Morgan fingerprint density at radius 3 is 2.62 bits per heavy atom. The van der Waals surface area contributed by atoms with Gasteiger partial charge >= 0.3 is 6.09 Å². The minimum absolute atomic E-state index is 0.00621. The van der Waals surface area contributed by atoms with Crippen LogP contribution in [0.4, 0.5) is 10.5 Å². The lowest BCUT2D eigenvalue weighted by atomic mass is 10.0. The third kappa shape index (κ3) is 8.06. The van der Waals surface area contributed by atoms with E-state index in [1.165, 1.54) is 30.7 Å². The Morgan fingerprint density at radius 2 is 1.93 bits per heavy atom. The summed E-state index contributed by atoms with van der Waals surface area (Å²) in [5.41, 5.74) is 1.27. The number of carbonyl (C=O) groups is 1. The molecule has 2 aromatic carbocycles. The van der Waals surface area contributed by atoms with E-state index in [2.05, 4.69) is 10.6 Å². The van der Waals surface area contributed by atoms with Gasteiger partial charge in [-0.1, -0.05) is 53.7 Å². The molecule has 2 atom stereocenters. The summed E-state index contributed by atoms with van der Waals surface area (Å²) in [6.07, 6.45) is 3.49. The second-order valence-corrected chi connectivity index (χ2v) is 11.2. The molecule has 212 valence electrons. The number of nitriles is 1. The minimum atomic E-state index is -4.24. The van der Waals surface area contributed by atoms with Gasteiger partial charge < -0.3 is 24.9 Å². The van der Waals surface area contributed by atoms with Gasteiger partial charge in [-0.05, 0) is 43.0 Å². The largest absolute Gasteiger partial charge is 0.469 e. The maximum absolute atomic E-state index is 13.8. The third-order valence-electron chi connectivity index (χ3n) is 6.45. The van der Waals surface area contributed by atoms with Gasteiger partial charge in [0.05, 0.1) is 42.0 Å². The maximum atomic E-state index is 13.8. The number of nitrogens with one attached hydrogen (secondary N) is 2. The van der Waals surface area contributed by atoms with Crippen molar-refractivity contribution in [3.63, 3.8) is 0 Å². The normalized spacial score (nSPS) is 15.3. The van der Waals surface area contributed by atoms with Crippen LogP contribution >= 0.6 is 0 Å². The second-order valence-electron chi connectivity index (χ2n) is 9.40. The van der Waals surface area contributed by atoms with Crippen molar-refractivity contribution in [2.24, 2.45) is 0 Å². The van der Waals surface area contributed by atoms with Gasteiger partial charge in [-0.15, -0.1) is 0 Å². The molecule has 0 saturated heterocycles. The van der Waals surface area contributed by atoms with Crippen molar-refractivity contribution in [2.45, 2.75) is 55.2 Å². The molecule has 0 unspecified atom stereocenters. The highest BCUT2D eigenvalue weighted by Crippen LogP contribution is 2.27. The van der Waals surface area contributed by atoms with Gasteiger partial charge in [0.25, 0.3) is 10.0 Å². The molecule has 1 amide bonds. The summed E-state index contributed by atoms with van der Waals surface area (Å²) >= 11 is 0. The Hall–Kier alpha value is -3.89. The van der Waals surface area contributed by atoms with Gasteiger partial charge in [-0.3, -0.25) is 4.84 Å². The number of hydrogen-bond donors (Lipinski definition) is 3. The third-order valence-corrected chi connectivity index (χ3v) is 8.07. The van der Waals surface area contributed by atoms with Crippen LogP contribution in [-0.2, 0) is 21.3 Å². The summed E-state index contributed by atoms with van der Waals surface area (Å²) in [5.74, 6) is 0.184. The molecule has 4 rings (SSSR count). The molecular formula is C28H32N4O7S. The number of anilines is 1. The second kappa shape index (κ2) is 14.0. The fourth-order valence-corrected chi connectivity index (χ4v) is 5.76. The Bertz CT molecular complexity index is 1370. The molecule has 0 radical (unpaired) electrons. The van der Waals surface area contributed by atoms with E-state index in [0.717, 1.165) is 22.9 Å². The molecular weight excluding hydrogens is 536 g/mol. The molecule has 0 bridgehead atoms. The molecule has 11 nitrogen and oxygen atoms in total. The van der Waals surface area contributed by atoms with Crippen molar-refractivity contribution >= 4 is 21.8 Å². The monoisotopic (exact) mass is 568 g/mol. The van der Waals surface area contributed by atoms with Crippen molar-refractivity contribution in [3.05, 3.63) is 78.8 Å². The number of sulfonamides is 1. The SMILES string of the molecule is N#CCNc1cccc(S(=O)(=O)N(C[C@@H](O)[C@H](Cc2ccccc2)NC(=O)Oc2ccoc2)OC2CCCC2)c1. The minimum Gasteiger partial charge on any atom is -0.469 e. The highest BCUT2D eigenvalue weighted by Gasteiger charge is 2.34. The van der Waals surface area contributed by atoms with Crippen LogP contribution in [0.3, 0.4) is 0 Å². The van der Waals surface area contributed by atoms with Gasteiger partial charge in [0.15, 0.2) is 5.75 Å². The Balaban J connectivity index is 1.57. The molecule has 1 heterocycles. The first-order chi connectivity index (χ1) is 19.3. The van der Waals surface area contributed by atoms with Crippen LogP contribution in [-0.4, -0.2) is 55.4 Å². The number of carbonyl (C=O) groups excluding carboxylic acids is 1. The van der Waals surface area contributed by atoms with E-state index in [1.807, 2.05) is 36.4 Å². The van der Waals surface area contributed by atoms with Crippen molar-refractivity contribution < 1.29 is 32.3 Å². The Morgan fingerprint density at radius 1 is 1.15 bits per heavy atom. The molecule has 3 aromatic rings. The van der Waals surface area contributed by atoms with Gasteiger partial charge in [0.2, 0.25) is 0 Å². The molecule has 1 aromatic heterocycles. The average molecular weight is 569 g/mol. The zero-order valence-corrected chi connectivity index (χ0v) is 22.6. The zero-order valence-electron chi connectivity index (χ0n) is 21.8. The first kappa shape index (κ1) is 29.1. The highest BCUT2D eigenvalue weighted by atomic mass is 32.2. The van der Waals surface area contributed by atoms with Crippen molar-refractivity contribution in [1.29, 1.82) is 5.26 Å². The molecule has 1 aliphatic rings. The summed E-state index contributed by atoms with van der Waals surface area (Å²) in [4.78, 5) is 18.5. The van der Waals surface area contributed by atoms with Crippen LogP contribution in [0.2, 0.25) is 0 Å². The zero-order chi connectivity index (χ0) is 28.4. The topological polar surface area (TPSA) is 154 Å². The fourth-order valence-electron chi connectivity index (χ4n) is 4.41. The number of furan rings is 1. The molecule has 3 N–H and O–H groups in total. The molecule has 0 spiro atoms. The lowest BCUT2D eigenvalue weighted by Crippen LogP contribution is -2.51. The number of hydrogen-bond acceptors (Lipinski definition) is 9. The van der Waals surface area contributed by atoms with Crippen molar-refractivity contribution in [1.82, 2.24) is 9.79 Å². The lowest BCUT2D eigenvalue weighted by Gasteiger charge is -2.30. The predicted molar refractivity (Wildman–Crippen MR) is 146 cm³/mol. The van der Waals surface area contributed by atoms with Crippen molar-refractivity contribution in [2.75, 3.05) is 18.4 Å². The van der Waals surface area contributed by atoms with Crippen LogP contribution in [0, 0.1) is 11.3 Å². The first-order valence-electron chi connectivity index (χ1n) is 13.0. The summed E-state index contributed by atoms with van der Waals surface area (Å²) < 4.78 is 38.5. The van der Waals surface area contributed by atoms with Crippen LogP contribution in [0.1, 0.15) is 31.2 Å². The van der Waals surface area contributed by atoms with E-state index in [-0.39, 0.29) is 29.7 Å². The average Bonchev–Trinajstić information content (AvgIpc) is 3.66. The summed E-state index contributed by atoms with van der Waals surface area (Å²) in [6, 6.07) is 17.7. The molecule has 1 aliphatic carbocycles. The maximum Gasteiger partial charge on any atom is 0.413 e. The Labute approximate surface area is 233 Å². The predicted octanol–water partition coefficient (Wildman–Crippen LogP) is 3.84. The standard InChI is InChI=1S/C28H32N4O7S/c29-14-15-30-22-9-6-12-25(18-22)40(35,36)32(39-23-10-4-5-11-23)19-27(33)26(17-21-7-2-1-3-8-21)31-28(34)38-24-13-16-37-20-24/h1-3,6-9,12-13,16,18,20,23,26-27,30,33H,4-5,10-11,15,17,19H2,(H,31,34)/t26-,27+/m0/s1. The number of aliphatic hydroxyl groups is 1. The van der Waals surface area contributed by atoms with E-state index in [9.17, 15) is 18.3 Å². The molecule has 12 heteroatoms. The summed E-state index contributed by atoms with van der Waals surface area (Å²) in [6.45, 7) is -0.440. The molecule has 0 aliphatic heterocycles. The highest BCUT2D eigenvalue weighted by molar-refractivity contribution is 7.89. The van der Waals surface area contributed by atoms with Gasteiger partial charge in [-0.25, -0.2) is 13.2 Å². The smallest absolute Gasteiger partial charge is 0.413 e. The molecule has 40 heavy (non-hydrogen) atoms. The summed E-state index contributed by atoms with van der Waals surface area (Å²) in [5, 5.41) is 25.7. The number of rotatable bonds is 13. The van der Waals surface area contributed by atoms with E-state index in [1.54, 1.807) is 12.1 Å². The van der Waals surface area contributed by atoms with Gasteiger partial charge in [0, 0.05) is 11.8 Å². The van der Waals surface area contributed by atoms with Crippen LogP contribution in [0.5, 0.6) is 5.75 Å². The fraction of sp³-hybridized carbons (Fsp3) is 0.357. The Kier molecular flexibility index (Phi) is 10.2.